The molecule has 1 aromatic heterocycles. The minimum atomic E-state index is -0.701. The number of hydrogen-bond donors (Lipinski definition) is 3. The van der Waals surface area contributed by atoms with E-state index in [1.807, 2.05) is 18.2 Å². The van der Waals surface area contributed by atoms with Gasteiger partial charge < -0.3 is 10.3 Å². The Morgan fingerprint density at radius 2 is 2.10 bits per heavy atom. The Morgan fingerprint density at radius 3 is 2.85 bits per heavy atom. The van der Waals surface area contributed by atoms with Crippen LogP contribution in [0.15, 0.2) is 24.3 Å². The molecule has 3 rings (SSSR count). The molecule has 7 heteroatoms. The van der Waals surface area contributed by atoms with Crippen LogP contribution in [0.25, 0.3) is 11.0 Å². The number of imidazole rings is 1. The quantitative estimate of drug-likeness (QED) is 0.674. The van der Waals surface area contributed by atoms with Crippen LogP contribution in [0.3, 0.4) is 0 Å². The molecule has 0 aliphatic carbocycles. The molecule has 20 heavy (non-hydrogen) atoms. The molecule has 0 bridgehead atoms. The summed E-state index contributed by atoms with van der Waals surface area (Å²) in [4.78, 5) is 41.7. The lowest BCUT2D eigenvalue weighted by molar-refractivity contribution is -0.134. The normalized spacial score (nSPS) is 18.9. The first-order valence-corrected chi connectivity index (χ1v) is 6.23. The van der Waals surface area contributed by atoms with Gasteiger partial charge in [0.1, 0.15) is 6.04 Å². The van der Waals surface area contributed by atoms with Crippen LogP contribution < -0.4 is 10.6 Å². The number of rotatable bonds is 2. The summed E-state index contributed by atoms with van der Waals surface area (Å²) >= 11 is 0. The molecule has 0 saturated carbocycles. The summed E-state index contributed by atoms with van der Waals surface area (Å²) in [7, 11) is 0. The Hall–Kier alpha value is -2.70. The second-order valence-electron chi connectivity index (χ2n) is 4.58. The van der Waals surface area contributed by atoms with Gasteiger partial charge in [-0.25, -0.2) is 4.98 Å². The van der Waals surface area contributed by atoms with E-state index in [0.717, 1.165) is 5.52 Å². The molecule has 1 fully saturated rings. The van der Waals surface area contributed by atoms with Crippen molar-refractivity contribution >= 4 is 28.8 Å². The molecule has 1 aliphatic heterocycles. The molecule has 7 nitrogen and oxygen atoms in total. The zero-order chi connectivity index (χ0) is 14.1. The lowest BCUT2D eigenvalue weighted by Crippen LogP contribution is -2.52. The predicted molar refractivity (Wildman–Crippen MR) is 69.7 cm³/mol. The van der Waals surface area contributed by atoms with Gasteiger partial charge >= 0.3 is 0 Å². The van der Waals surface area contributed by atoms with Crippen molar-refractivity contribution in [2.24, 2.45) is 0 Å². The van der Waals surface area contributed by atoms with E-state index in [9.17, 15) is 14.4 Å². The first-order chi connectivity index (χ1) is 9.63. The Labute approximate surface area is 113 Å². The summed E-state index contributed by atoms with van der Waals surface area (Å²) in [6.45, 7) is 0. The standard InChI is InChI=1S/C13H12N4O3/c18-10-6-5-9(12(19)17-10)16-13(20)11-14-7-3-1-2-4-8(7)15-11/h1-4,9H,5-6H2,(H,14,15)(H,16,20)(H,17,18,19). The van der Waals surface area contributed by atoms with Crippen molar-refractivity contribution < 1.29 is 14.4 Å². The Kier molecular flexibility index (Phi) is 2.94. The molecule has 1 atom stereocenters. The second kappa shape index (κ2) is 4.76. The van der Waals surface area contributed by atoms with Gasteiger partial charge in [-0.05, 0) is 18.6 Å². The summed E-state index contributed by atoms with van der Waals surface area (Å²) in [5, 5.41) is 4.76. The summed E-state index contributed by atoms with van der Waals surface area (Å²) in [6.07, 6.45) is 0.521. The smallest absolute Gasteiger partial charge is 0.287 e. The number of para-hydroxylation sites is 2. The van der Waals surface area contributed by atoms with Crippen molar-refractivity contribution in [1.29, 1.82) is 0 Å². The maximum atomic E-state index is 12.0. The third-order valence-corrected chi connectivity index (χ3v) is 3.15. The van der Waals surface area contributed by atoms with Crippen LogP contribution in [0, 0.1) is 0 Å². The van der Waals surface area contributed by atoms with Gasteiger partial charge in [0.25, 0.3) is 5.91 Å². The van der Waals surface area contributed by atoms with Crippen LogP contribution >= 0.6 is 0 Å². The third kappa shape index (κ3) is 2.25. The predicted octanol–water partition coefficient (Wildman–Crippen LogP) is 0.0979. The summed E-state index contributed by atoms with van der Waals surface area (Å²) in [6, 6.07) is 6.56. The van der Waals surface area contributed by atoms with Gasteiger partial charge in [-0.15, -0.1) is 0 Å². The van der Waals surface area contributed by atoms with E-state index in [4.69, 9.17) is 0 Å². The number of fused-ring (bicyclic) bond motifs is 1. The van der Waals surface area contributed by atoms with Crippen LogP contribution in [-0.2, 0) is 9.59 Å². The molecular formula is C13H12N4O3. The number of imide groups is 1. The van der Waals surface area contributed by atoms with Crippen molar-refractivity contribution in [3.8, 4) is 0 Å². The minimum absolute atomic E-state index is 0.149. The maximum Gasteiger partial charge on any atom is 0.287 e. The van der Waals surface area contributed by atoms with Crippen molar-refractivity contribution in [3.05, 3.63) is 30.1 Å². The van der Waals surface area contributed by atoms with Gasteiger partial charge in [0.15, 0.2) is 5.82 Å². The zero-order valence-corrected chi connectivity index (χ0v) is 10.5. The number of aromatic nitrogens is 2. The molecule has 3 amide bonds. The topological polar surface area (TPSA) is 104 Å². The summed E-state index contributed by atoms with van der Waals surface area (Å²) < 4.78 is 0. The van der Waals surface area contributed by atoms with Crippen LogP contribution in [0.1, 0.15) is 23.5 Å². The average molecular weight is 272 g/mol. The third-order valence-electron chi connectivity index (χ3n) is 3.15. The fraction of sp³-hybridized carbons (Fsp3) is 0.231. The number of carbonyl (C=O) groups is 3. The van der Waals surface area contributed by atoms with Crippen LogP contribution in [0.2, 0.25) is 0 Å². The number of benzene rings is 1. The lowest BCUT2D eigenvalue weighted by atomic mass is 10.1. The highest BCUT2D eigenvalue weighted by Gasteiger charge is 2.28. The number of carbonyl (C=O) groups excluding carboxylic acids is 3. The van der Waals surface area contributed by atoms with Gasteiger partial charge in [0.05, 0.1) is 11.0 Å². The van der Waals surface area contributed by atoms with Gasteiger partial charge in [0.2, 0.25) is 11.8 Å². The van der Waals surface area contributed by atoms with Gasteiger partial charge in [-0.2, -0.15) is 0 Å². The lowest BCUT2D eigenvalue weighted by Gasteiger charge is -2.21. The highest BCUT2D eigenvalue weighted by Crippen LogP contribution is 2.11. The van der Waals surface area contributed by atoms with Gasteiger partial charge in [0, 0.05) is 6.42 Å². The molecule has 3 N–H and O–H groups in total. The van der Waals surface area contributed by atoms with Gasteiger partial charge in [-0.3, -0.25) is 19.7 Å². The van der Waals surface area contributed by atoms with E-state index in [-0.39, 0.29) is 18.2 Å². The van der Waals surface area contributed by atoms with E-state index < -0.39 is 17.9 Å². The Bertz CT molecular complexity index is 673. The van der Waals surface area contributed by atoms with Crippen LogP contribution in [0.4, 0.5) is 0 Å². The average Bonchev–Trinajstić information content (AvgIpc) is 2.86. The van der Waals surface area contributed by atoms with E-state index in [2.05, 4.69) is 20.6 Å². The van der Waals surface area contributed by atoms with E-state index >= 15 is 0 Å². The largest absolute Gasteiger partial charge is 0.338 e. The number of nitrogens with one attached hydrogen (secondary N) is 3. The monoisotopic (exact) mass is 272 g/mol. The zero-order valence-electron chi connectivity index (χ0n) is 10.5. The molecule has 102 valence electrons. The van der Waals surface area contributed by atoms with Crippen LogP contribution in [-0.4, -0.2) is 33.7 Å². The van der Waals surface area contributed by atoms with E-state index in [0.29, 0.717) is 11.9 Å². The summed E-state index contributed by atoms with van der Waals surface area (Å²) in [5.74, 6) is -1.11. The Morgan fingerprint density at radius 1 is 1.30 bits per heavy atom. The molecule has 1 unspecified atom stereocenters. The number of aromatic amines is 1. The van der Waals surface area contributed by atoms with Crippen molar-refractivity contribution in [2.75, 3.05) is 0 Å². The summed E-state index contributed by atoms with van der Waals surface area (Å²) in [5.41, 5.74) is 1.43. The highest BCUT2D eigenvalue weighted by atomic mass is 16.2. The number of H-pyrrole nitrogens is 1. The fourth-order valence-electron chi connectivity index (χ4n) is 2.12. The molecule has 2 aromatic rings. The SMILES string of the molecule is O=C1CCC(NC(=O)c2nc3ccccc3[nH]2)C(=O)N1. The van der Waals surface area contributed by atoms with Crippen molar-refractivity contribution in [3.63, 3.8) is 0 Å². The van der Waals surface area contributed by atoms with Crippen molar-refractivity contribution in [1.82, 2.24) is 20.6 Å². The number of piperidine rings is 1. The van der Waals surface area contributed by atoms with E-state index in [1.54, 1.807) is 6.07 Å². The fourth-order valence-corrected chi connectivity index (χ4v) is 2.12. The highest BCUT2D eigenvalue weighted by molar-refractivity contribution is 6.03. The van der Waals surface area contributed by atoms with Crippen LogP contribution in [0.5, 0.6) is 0 Å². The molecule has 1 aliphatic rings. The number of nitrogens with zero attached hydrogens (tertiary/aromatic N) is 1. The molecule has 1 aromatic carbocycles. The molecule has 2 heterocycles. The molecule has 0 radical (unpaired) electrons. The maximum absolute atomic E-state index is 12.0. The second-order valence-corrected chi connectivity index (χ2v) is 4.58. The number of amides is 3. The van der Waals surface area contributed by atoms with Gasteiger partial charge in [-0.1, -0.05) is 12.1 Å². The Balaban J connectivity index is 1.76. The molecular weight excluding hydrogens is 260 g/mol. The molecule has 1 saturated heterocycles. The van der Waals surface area contributed by atoms with E-state index in [1.165, 1.54) is 0 Å². The first-order valence-electron chi connectivity index (χ1n) is 6.23. The molecule has 0 spiro atoms. The number of hydrogen-bond acceptors (Lipinski definition) is 4. The van der Waals surface area contributed by atoms with Crippen molar-refractivity contribution in [2.45, 2.75) is 18.9 Å². The first kappa shape index (κ1) is 12.3. The minimum Gasteiger partial charge on any atom is -0.338 e.